The van der Waals surface area contributed by atoms with Crippen LogP contribution in [-0.4, -0.2) is 70.2 Å². The van der Waals surface area contributed by atoms with Gasteiger partial charge in [0.25, 0.3) is 5.91 Å². The van der Waals surface area contributed by atoms with Gasteiger partial charge < -0.3 is 19.1 Å². The molecule has 6 nitrogen and oxygen atoms in total. The van der Waals surface area contributed by atoms with Crippen molar-refractivity contribution in [3.05, 3.63) is 18.2 Å². The van der Waals surface area contributed by atoms with Gasteiger partial charge in [-0.15, -0.1) is 0 Å². The van der Waals surface area contributed by atoms with Crippen LogP contribution in [-0.2, 0) is 11.8 Å². The number of hydrogen-bond acceptors (Lipinski definition) is 4. The van der Waals surface area contributed by atoms with E-state index < -0.39 is 0 Å². The summed E-state index contributed by atoms with van der Waals surface area (Å²) in [5.41, 5.74) is -0.122. The van der Waals surface area contributed by atoms with E-state index in [9.17, 15) is 4.79 Å². The molecule has 1 amide bonds. The van der Waals surface area contributed by atoms with Crippen molar-refractivity contribution in [3.8, 4) is 0 Å². The highest BCUT2D eigenvalue weighted by Crippen LogP contribution is 2.38. The maximum absolute atomic E-state index is 12.8. The van der Waals surface area contributed by atoms with Gasteiger partial charge in [0.15, 0.2) is 5.82 Å². The number of carbonyl (C=O) groups is 1. The van der Waals surface area contributed by atoms with Crippen molar-refractivity contribution in [1.29, 1.82) is 0 Å². The number of aromatic nitrogens is 2. The Morgan fingerprint density at radius 3 is 2.92 bits per heavy atom. The molecule has 2 atom stereocenters. The summed E-state index contributed by atoms with van der Waals surface area (Å²) in [4.78, 5) is 21.5. The zero-order valence-electron chi connectivity index (χ0n) is 14.6. The van der Waals surface area contributed by atoms with Gasteiger partial charge in [0.1, 0.15) is 0 Å². The fraction of sp³-hybridized carbons (Fsp3) is 0.778. The number of piperidine rings is 1. The zero-order chi connectivity index (χ0) is 16.6. The van der Waals surface area contributed by atoms with Gasteiger partial charge in [0.05, 0.1) is 18.8 Å². The molecule has 0 N–H and O–H groups in total. The maximum Gasteiger partial charge on any atom is 0.289 e. The number of rotatable bonds is 3. The van der Waals surface area contributed by atoms with E-state index in [2.05, 4.69) is 9.88 Å². The predicted octanol–water partition coefficient (Wildman–Crippen LogP) is 1.53. The minimum atomic E-state index is -0.122. The van der Waals surface area contributed by atoms with Crippen molar-refractivity contribution >= 4 is 5.91 Å². The molecular weight excluding hydrogens is 304 g/mol. The summed E-state index contributed by atoms with van der Waals surface area (Å²) in [6.45, 7) is 6.03. The molecule has 3 aliphatic heterocycles. The van der Waals surface area contributed by atoms with Gasteiger partial charge >= 0.3 is 0 Å². The summed E-state index contributed by atoms with van der Waals surface area (Å²) in [5.74, 6) is 1.18. The molecule has 1 spiro atoms. The first-order valence-electron chi connectivity index (χ1n) is 9.28. The minimum Gasteiger partial charge on any atom is -0.373 e. The van der Waals surface area contributed by atoms with E-state index in [1.807, 2.05) is 18.1 Å². The number of nitrogens with zero attached hydrogens (tertiary/aromatic N) is 4. The van der Waals surface area contributed by atoms with E-state index in [1.54, 1.807) is 10.8 Å². The number of amides is 1. The molecule has 2 unspecified atom stereocenters. The second kappa shape index (κ2) is 6.48. The van der Waals surface area contributed by atoms with Crippen molar-refractivity contribution in [2.45, 2.75) is 37.7 Å². The van der Waals surface area contributed by atoms with E-state index in [-0.39, 0.29) is 11.5 Å². The first-order chi connectivity index (χ1) is 11.7. The Bertz CT molecular complexity index is 596. The Kier molecular flexibility index (Phi) is 4.35. The molecule has 1 aromatic heterocycles. The van der Waals surface area contributed by atoms with Gasteiger partial charge in [-0.1, -0.05) is 0 Å². The van der Waals surface area contributed by atoms with E-state index in [1.165, 1.54) is 25.9 Å². The molecule has 0 aromatic carbocycles. The third-order valence-corrected chi connectivity index (χ3v) is 5.84. The second-order valence-corrected chi connectivity index (χ2v) is 7.76. The molecule has 3 fully saturated rings. The molecule has 3 aliphatic rings. The van der Waals surface area contributed by atoms with E-state index >= 15 is 0 Å². The Labute approximate surface area is 143 Å². The molecule has 132 valence electrons. The summed E-state index contributed by atoms with van der Waals surface area (Å²) in [6.07, 6.45) is 9.37. The van der Waals surface area contributed by atoms with Gasteiger partial charge in [0, 0.05) is 32.5 Å². The quantitative estimate of drug-likeness (QED) is 0.842. The molecule has 1 aromatic rings. The van der Waals surface area contributed by atoms with Crippen LogP contribution in [0.2, 0.25) is 0 Å². The summed E-state index contributed by atoms with van der Waals surface area (Å²) in [7, 11) is 1.87. The Morgan fingerprint density at radius 2 is 2.17 bits per heavy atom. The summed E-state index contributed by atoms with van der Waals surface area (Å²) in [5, 5.41) is 0. The van der Waals surface area contributed by atoms with Crippen LogP contribution in [0.5, 0.6) is 0 Å². The number of imidazole rings is 1. The van der Waals surface area contributed by atoms with Crippen molar-refractivity contribution < 1.29 is 9.53 Å². The third-order valence-electron chi connectivity index (χ3n) is 5.84. The van der Waals surface area contributed by atoms with Crippen LogP contribution in [0.4, 0.5) is 0 Å². The van der Waals surface area contributed by atoms with Crippen LogP contribution in [0, 0.1) is 5.92 Å². The number of likely N-dealkylation sites (tertiary alicyclic amines) is 2. The maximum atomic E-state index is 12.8. The van der Waals surface area contributed by atoms with Crippen LogP contribution in [0.15, 0.2) is 12.4 Å². The highest BCUT2D eigenvalue weighted by atomic mass is 16.5. The van der Waals surface area contributed by atoms with Gasteiger partial charge in [-0.3, -0.25) is 4.79 Å². The average Bonchev–Trinajstić information content (AvgIpc) is 3.30. The summed E-state index contributed by atoms with van der Waals surface area (Å²) < 4.78 is 8.09. The summed E-state index contributed by atoms with van der Waals surface area (Å²) in [6, 6.07) is 0. The SMILES string of the molecule is Cn1ccnc1C(=O)N1CCCC2(CC(CN3CCCC3)CO2)C1. The van der Waals surface area contributed by atoms with Gasteiger partial charge in [-0.2, -0.15) is 0 Å². The van der Waals surface area contributed by atoms with Crippen molar-refractivity contribution in [1.82, 2.24) is 19.4 Å². The zero-order valence-corrected chi connectivity index (χ0v) is 14.6. The summed E-state index contributed by atoms with van der Waals surface area (Å²) >= 11 is 0. The largest absolute Gasteiger partial charge is 0.373 e. The fourth-order valence-corrected chi connectivity index (χ4v) is 4.66. The van der Waals surface area contributed by atoms with Crippen LogP contribution < -0.4 is 0 Å². The highest BCUT2D eigenvalue weighted by Gasteiger charge is 2.45. The normalized spacial score (nSPS) is 31.2. The first kappa shape index (κ1) is 16.1. The molecule has 3 saturated heterocycles. The Hall–Kier alpha value is -1.40. The van der Waals surface area contributed by atoms with Crippen LogP contribution >= 0.6 is 0 Å². The highest BCUT2D eigenvalue weighted by molar-refractivity contribution is 5.91. The molecule has 4 heterocycles. The first-order valence-corrected chi connectivity index (χ1v) is 9.28. The lowest BCUT2D eigenvalue weighted by molar-refractivity contribution is -0.0453. The van der Waals surface area contributed by atoms with Gasteiger partial charge in [-0.25, -0.2) is 4.98 Å². The van der Waals surface area contributed by atoms with Gasteiger partial charge in [0.2, 0.25) is 0 Å². The van der Waals surface area contributed by atoms with Gasteiger partial charge in [-0.05, 0) is 51.1 Å². The monoisotopic (exact) mass is 332 g/mol. The smallest absolute Gasteiger partial charge is 0.289 e. The van der Waals surface area contributed by atoms with Crippen molar-refractivity contribution in [3.63, 3.8) is 0 Å². The molecule has 24 heavy (non-hydrogen) atoms. The molecular formula is C18H28N4O2. The number of hydrogen-bond donors (Lipinski definition) is 0. The molecule has 0 bridgehead atoms. The number of carbonyl (C=O) groups excluding carboxylic acids is 1. The lowest BCUT2D eigenvalue weighted by atomic mass is 9.86. The molecule has 6 heteroatoms. The number of aryl methyl sites for hydroxylation is 1. The van der Waals surface area contributed by atoms with Crippen molar-refractivity contribution in [2.75, 3.05) is 39.3 Å². The lowest BCUT2D eigenvalue weighted by Crippen LogP contribution is -2.50. The lowest BCUT2D eigenvalue weighted by Gasteiger charge is -2.39. The average molecular weight is 332 g/mol. The molecule has 0 radical (unpaired) electrons. The van der Waals surface area contributed by atoms with E-state index in [0.29, 0.717) is 11.7 Å². The molecule has 0 saturated carbocycles. The standard InChI is InChI=1S/C18H28N4O2/c1-20-10-6-19-16(20)17(23)22-9-4-5-18(14-22)11-15(13-24-18)12-21-7-2-3-8-21/h6,10,15H,2-5,7-9,11-14H2,1H3. The van der Waals surface area contributed by atoms with Crippen LogP contribution in [0.1, 0.15) is 42.7 Å². The Morgan fingerprint density at radius 1 is 1.33 bits per heavy atom. The third kappa shape index (κ3) is 3.09. The Balaban J connectivity index is 1.39. The topological polar surface area (TPSA) is 50.6 Å². The second-order valence-electron chi connectivity index (χ2n) is 7.76. The van der Waals surface area contributed by atoms with E-state index in [0.717, 1.165) is 45.5 Å². The van der Waals surface area contributed by atoms with Crippen LogP contribution in [0.25, 0.3) is 0 Å². The van der Waals surface area contributed by atoms with E-state index in [4.69, 9.17) is 4.74 Å². The molecule has 4 rings (SSSR count). The van der Waals surface area contributed by atoms with Crippen molar-refractivity contribution in [2.24, 2.45) is 13.0 Å². The molecule has 0 aliphatic carbocycles. The predicted molar refractivity (Wildman–Crippen MR) is 90.8 cm³/mol. The fourth-order valence-electron chi connectivity index (χ4n) is 4.66. The van der Waals surface area contributed by atoms with Crippen LogP contribution in [0.3, 0.4) is 0 Å². The number of ether oxygens (including phenoxy) is 1. The minimum absolute atomic E-state index is 0.0353.